The second-order valence-electron chi connectivity index (χ2n) is 16.9. The summed E-state index contributed by atoms with van der Waals surface area (Å²) in [7, 11) is 20.7. The number of carbonyl (C=O) groups excluding carboxylic acids is 3. The van der Waals surface area contributed by atoms with E-state index >= 15 is 0 Å². The minimum Gasteiger partial charge on any atom is -0.374 e. The van der Waals surface area contributed by atoms with Gasteiger partial charge >= 0.3 is 0 Å². The first kappa shape index (κ1) is 40.8. The molecule has 0 fully saturated rings. The van der Waals surface area contributed by atoms with Gasteiger partial charge in [-0.15, -0.1) is 0 Å². The Hall–Kier alpha value is -3.81. The van der Waals surface area contributed by atoms with Crippen LogP contribution in [0.2, 0.25) is 0 Å². The number of anilines is 2. The molecule has 0 saturated carbocycles. The van der Waals surface area contributed by atoms with Gasteiger partial charge in [-0.25, -0.2) is 0 Å². The fourth-order valence-corrected chi connectivity index (χ4v) is 9.56. The molecule has 55 heavy (non-hydrogen) atoms. The van der Waals surface area contributed by atoms with Gasteiger partial charge in [0.15, 0.2) is 0 Å². The van der Waals surface area contributed by atoms with Gasteiger partial charge in [0.1, 0.15) is 6.73 Å². The summed E-state index contributed by atoms with van der Waals surface area (Å²) in [6.45, 7) is 5.46. The number of nitrogens with zero attached hydrogens (tertiary/aromatic N) is 6. The Morgan fingerprint density at radius 1 is 0.636 bits per heavy atom. The van der Waals surface area contributed by atoms with Crippen molar-refractivity contribution in [3.8, 4) is 0 Å². The fraction of sp³-hybridized carbons (Fsp3) is 0.465. The standard InChI is InChI=1S/C43H58N6O4S2/c1-44(21-11-25-48(3,4)5)37-19-17-31-29-53-30-46(41(50)34-15-9-13-32(37)39(31)34)23-27-54-55-28-24-47-42(51)35-16-10-14-33-38(20-18-36(40(33)35)43(47)52)45(2)22-12-26-49(6,7)8/h9-10,13-20H,11-12,21-30H2,1-8H3/q+2. The van der Waals surface area contributed by atoms with Gasteiger partial charge in [-0.05, 0) is 35.9 Å². The second kappa shape index (κ2) is 17.1. The first-order valence-corrected chi connectivity index (χ1v) is 21.7. The molecule has 4 aromatic rings. The summed E-state index contributed by atoms with van der Waals surface area (Å²) in [5.41, 5.74) is 5.07. The van der Waals surface area contributed by atoms with Crippen LogP contribution in [0.15, 0.2) is 60.7 Å². The highest BCUT2D eigenvalue weighted by molar-refractivity contribution is 8.76. The zero-order chi connectivity index (χ0) is 39.5. The summed E-state index contributed by atoms with van der Waals surface area (Å²) in [5, 5.41) is 3.74. The zero-order valence-corrected chi connectivity index (χ0v) is 35.5. The van der Waals surface area contributed by atoms with Crippen LogP contribution in [0.5, 0.6) is 0 Å². The number of imide groups is 1. The average molecular weight is 787 g/mol. The van der Waals surface area contributed by atoms with Crippen molar-refractivity contribution in [3.05, 3.63) is 82.9 Å². The van der Waals surface area contributed by atoms with Gasteiger partial charge in [0, 0.05) is 114 Å². The van der Waals surface area contributed by atoms with Gasteiger partial charge in [0.2, 0.25) is 0 Å². The quantitative estimate of drug-likeness (QED) is 0.0510. The van der Waals surface area contributed by atoms with Crippen molar-refractivity contribution < 1.29 is 28.1 Å². The predicted octanol–water partition coefficient (Wildman–Crippen LogP) is 6.67. The molecule has 0 atom stereocenters. The number of hydrogen-bond donors (Lipinski definition) is 0. The number of rotatable bonds is 17. The SMILES string of the molecule is CN(CCC[N+](C)(C)C)c1ccc2c3c(cccc13)C(=O)N(CCSSCCN1C(=O)c3cccc4c(N(C)CCC[N+](C)(C)C)ccc(c34)C1=O)COC2. The maximum atomic E-state index is 14.0. The maximum absolute atomic E-state index is 14.0. The number of amides is 3. The first-order valence-electron chi connectivity index (χ1n) is 19.3. The van der Waals surface area contributed by atoms with Crippen molar-refractivity contribution in [3.63, 3.8) is 0 Å². The molecule has 2 aliphatic rings. The van der Waals surface area contributed by atoms with Crippen LogP contribution in [0, 0.1) is 0 Å². The van der Waals surface area contributed by atoms with Crippen molar-refractivity contribution in [1.29, 1.82) is 0 Å². The zero-order valence-electron chi connectivity index (χ0n) is 33.9. The van der Waals surface area contributed by atoms with E-state index in [2.05, 4.69) is 84.4 Å². The first-order chi connectivity index (χ1) is 26.1. The van der Waals surface area contributed by atoms with Crippen LogP contribution in [0.1, 0.15) is 49.5 Å². The van der Waals surface area contributed by atoms with Gasteiger partial charge in [-0.1, -0.05) is 51.9 Å². The third-order valence-corrected chi connectivity index (χ3v) is 12.9. The Bertz CT molecular complexity index is 2040. The Labute approximate surface area is 334 Å². The van der Waals surface area contributed by atoms with E-state index in [0.717, 1.165) is 86.5 Å². The summed E-state index contributed by atoms with van der Waals surface area (Å²) in [5.74, 6) is 0.762. The van der Waals surface area contributed by atoms with Crippen LogP contribution in [0.3, 0.4) is 0 Å². The van der Waals surface area contributed by atoms with Crippen molar-refractivity contribution in [2.45, 2.75) is 19.4 Å². The van der Waals surface area contributed by atoms with Crippen LogP contribution in [0.4, 0.5) is 11.4 Å². The molecule has 0 bridgehead atoms. The number of ether oxygens (including phenoxy) is 1. The summed E-state index contributed by atoms with van der Waals surface area (Å²) in [6, 6.07) is 20.0. The van der Waals surface area contributed by atoms with E-state index in [1.165, 1.54) is 4.90 Å². The molecule has 0 saturated heterocycles. The molecule has 0 aromatic heterocycles. The molecule has 4 aromatic carbocycles. The molecule has 3 amide bonds. The smallest absolute Gasteiger partial charge is 0.261 e. The molecule has 10 nitrogen and oxygen atoms in total. The van der Waals surface area contributed by atoms with Crippen LogP contribution in [-0.4, -0.2) is 150 Å². The Balaban J connectivity index is 1.04. The Kier molecular flexibility index (Phi) is 12.7. The largest absolute Gasteiger partial charge is 0.374 e. The van der Waals surface area contributed by atoms with E-state index in [1.807, 2.05) is 42.5 Å². The van der Waals surface area contributed by atoms with E-state index < -0.39 is 0 Å². The van der Waals surface area contributed by atoms with Crippen LogP contribution in [-0.2, 0) is 11.3 Å². The lowest BCUT2D eigenvalue weighted by Crippen LogP contribution is -2.41. The van der Waals surface area contributed by atoms with E-state index in [0.29, 0.717) is 47.9 Å². The van der Waals surface area contributed by atoms with Gasteiger partial charge in [-0.3, -0.25) is 19.3 Å². The van der Waals surface area contributed by atoms with Crippen LogP contribution >= 0.6 is 21.6 Å². The molecule has 2 heterocycles. The molecular weight excluding hydrogens is 729 g/mol. The van der Waals surface area contributed by atoms with E-state index in [1.54, 1.807) is 26.5 Å². The minimum atomic E-state index is -0.241. The molecule has 0 radical (unpaired) electrons. The maximum Gasteiger partial charge on any atom is 0.261 e. The summed E-state index contributed by atoms with van der Waals surface area (Å²) < 4.78 is 7.91. The minimum absolute atomic E-state index is 0.0298. The highest BCUT2D eigenvalue weighted by Crippen LogP contribution is 2.37. The topological polar surface area (TPSA) is 73.4 Å². The van der Waals surface area contributed by atoms with Crippen LogP contribution in [0.25, 0.3) is 21.5 Å². The Morgan fingerprint density at radius 2 is 1.15 bits per heavy atom. The number of benzene rings is 4. The molecule has 294 valence electrons. The number of quaternary nitrogens is 2. The molecular formula is C43H58N6O4S2+2. The lowest BCUT2D eigenvalue weighted by Gasteiger charge is -2.30. The van der Waals surface area contributed by atoms with E-state index in [4.69, 9.17) is 4.74 Å². The van der Waals surface area contributed by atoms with Gasteiger partial charge in [0.05, 0.1) is 62.0 Å². The van der Waals surface area contributed by atoms with E-state index in [9.17, 15) is 14.4 Å². The molecule has 0 spiro atoms. The van der Waals surface area contributed by atoms with Gasteiger partial charge < -0.3 is 28.4 Å². The molecule has 0 N–H and O–H groups in total. The van der Waals surface area contributed by atoms with Crippen molar-refractivity contribution in [1.82, 2.24) is 9.80 Å². The number of carbonyl (C=O) groups is 3. The second-order valence-corrected chi connectivity index (χ2v) is 19.6. The highest BCUT2D eigenvalue weighted by Gasteiger charge is 2.33. The van der Waals surface area contributed by atoms with Crippen molar-refractivity contribution in [2.24, 2.45) is 0 Å². The highest BCUT2D eigenvalue weighted by atomic mass is 33.1. The third kappa shape index (κ3) is 9.43. The molecule has 0 unspecified atom stereocenters. The van der Waals surface area contributed by atoms with Crippen molar-refractivity contribution >= 4 is 72.2 Å². The van der Waals surface area contributed by atoms with Gasteiger partial charge in [-0.2, -0.15) is 0 Å². The monoisotopic (exact) mass is 786 g/mol. The summed E-state index contributed by atoms with van der Waals surface area (Å²) in [6.07, 6.45) is 2.11. The number of hydrogen-bond acceptors (Lipinski definition) is 8. The van der Waals surface area contributed by atoms with E-state index in [-0.39, 0.29) is 24.5 Å². The summed E-state index contributed by atoms with van der Waals surface area (Å²) >= 11 is 0. The molecule has 0 aliphatic carbocycles. The molecule has 2 aliphatic heterocycles. The predicted molar refractivity (Wildman–Crippen MR) is 230 cm³/mol. The van der Waals surface area contributed by atoms with Gasteiger partial charge in [0.25, 0.3) is 17.7 Å². The average Bonchev–Trinajstić information content (AvgIpc) is 3.13. The Morgan fingerprint density at radius 3 is 1.73 bits per heavy atom. The third-order valence-electron chi connectivity index (χ3n) is 10.5. The normalized spacial score (nSPS) is 14.9. The van der Waals surface area contributed by atoms with Crippen LogP contribution < -0.4 is 9.80 Å². The van der Waals surface area contributed by atoms with Crippen molar-refractivity contribution in [2.75, 3.05) is 124 Å². The lowest BCUT2D eigenvalue weighted by atomic mass is 9.92. The molecule has 6 rings (SSSR count). The fourth-order valence-electron chi connectivity index (χ4n) is 7.62. The lowest BCUT2D eigenvalue weighted by molar-refractivity contribution is -0.870. The summed E-state index contributed by atoms with van der Waals surface area (Å²) in [4.78, 5) is 49.1. The molecule has 12 heteroatoms.